The SMILES string of the molecule is COc1ccc(C)cc1NC(=O)[C@H](C)OC(=O)[C@@H]1CS[C@@]2(C)CCC(=O)N12. The Labute approximate surface area is 162 Å². The quantitative estimate of drug-likeness (QED) is 0.774. The molecule has 2 saturated heterocycles. The zero-order valence-electron chi connectivity index (χ0n) is 15.9. The van der Waals surface area contributed by atoms with Gasteiger partial charge >= 0.3 is 5.97 Å². The van der Waals surface area contributed by atoms with Gasteiger partial charge in [0.05, 0.1) is 17.7 Å². The van der Waals surface area contributed by atoms with Gasteiger partial charge in [0.2, 0.25) is 5.91 Å². The van der Waals surface area contributed by atoms with Crippen LogP contribution in [0.1, 0.15) is 32.3 Å². The Morgan fingerprint density at radius 3 is 2.85 bits per heavy atom. The molecule has 1 N–H and O–H groups in total. The van der Waals surface area contributed by atoms with Gasteiger partial charge in [0.25, 0.3) is 5.91 Å². The number of aryl methyl sites for hydroxylation is 1. The standard InChI is InChI=1S/C19H24N2O5S/c1-11-5-6-15(25-4)13(9-11)20-17(23)12(2)26-18(24)14-10-27-19(3)8-7-16(22)21(14)19/h5-6,9,12,14H,7-8,10H2,1-4H3,(H,20,23)/t12-,14-,19-/m0/s1. The fraction of sp³-hybridized carbons (Fsp3) is 0.526. The van der Waals surface area contributed by atoms with Crippen LogP contribution in [0.5, 0.6) is 5.75 Å². The molecular formula is C19H24N2O5S. The van der Waals surface area contributed by atoms with E-state index in [1.54, 1.807) is 28.8 Å². The third-order valence-electron chi connectivity index (χ3n) is 4.99. The van der Waals surface area contributed by atoms with Crippen molar-refractivity contribution < 1.29 is 23.9 Å². The van der Waals surface area contributed by atoms with Gasteiger partial charge in [-0.2, -0.15) is 0 Å². The van der Waals surface area contributed by atoms with Gasteiger partial charge in [-0.05, 0) is 44.9 Å². The van der Waals surface area contributed by atoms with E-state index in [2.05, 4.69) is 5.32 Å². The van der Waals surface area contributed by atoms with Crippen LogP contribution >= 0.6 is 11.8 Å². The van der Waals surface area contributed by atoms with Crippen molar-refractivity contribution in [3.05, 3.63) is 23.8 Å². The molecule has 2 fully saturated rings. The molecule has 0 bridgehead atoms. The lowest BCUT2D eigenvalue weighted by Crippen LogP contribution is -2.48. The fourth-order valence-corrected chi connectivity index (χ4v) is 4.87. The van der Waals surface area contributed by atoms with Gasteiger partial charge in [0.15, 0.2) is 6.10 Å². The molecular weight excluding hydrogens is 368 g/mol. The highest BCUT2D eigenvalue weighted by atomic mass is 32.2. The van der Waals surface area contributed by atoms with Crippen LogP contribution in [0.2, 0.25) is 0 Å². The fourth-order valence-electron chi connectivity index (χ4n) is 3.46. The minimum Gasteiger partial charge on any atom is -0.495 e. The second kappa shape index (κ2) is 7.42. The number of carbonyl (C=O) groups is 3. The summed E-state index contributed by atoms with van der Waals surface area (Å²) < 4.78 is 10.6. The normalized spacial score (nSPS) is 25.1. The van der Waals surface area contributed by atoms with Gasteiger partial charge in [-0.1, -0.05) is 6.07 Å². The average Bonchev–Trinajstić information content (AvgIpc) is 3.11. The van der Waals surface area contributed by atoms with E-state index in [4.69, 9.17) is 9.47 Å². The third kappa shape index (κ3) is 3.76. The van der Waals surface area contributed by atoms with Crippen molar-refractivity contribution in [3.8, 4) is 5.75 Å². The summed E-state index contributed by atoms with van der Waals surface area (Å²) in [4.78, 5) is 38.5. The lowest BCUT2D eigenvalue weighted by Gasteiger charge is -2.29. The number of nitrogens with one attached hydrogen (secondary N) is 1. The maximum atomic E-state index is 12.6. The number of rotatable bonds is 5. The largest absolute Gasteiger partial charge is 0.495 e. The maximum absolute atomic E-state index is 12.6. The monoisotopic (exact) mass is 392 g/mol. The summed E-state index contributed by atoms with van der Waals surface area (Å²) in [6.45, 7) is 5.39. The highest BCUT2D eigenvalue weighted by Gasteiger charge is 2.53. The zero-order valence-corrected chi connectivity index (χ0v) is 16.7. The van der Waals surface area contributed by atoms with E-state index in [-0.39, 0.29) is 10.8 Å². The molecule has 0 radical (unpaired) electrons. The Hall–Kier alpha value is -2.22. The Kier molecular flexibility index (Phi) is 5.37. The van der Waals surface area contributed by atoms with E-state index < -0.39 is 24.0 Å². The van der Waals surface area contributed by atoms with Crippen molar-refractivity contribution >= 4 is 35.2 Å². The number of methoxy groups -OCH3 is 1. The number of esters is 1. The molecule has 2 aliphatic heterocycles. The second-order valence-electron chi connectivity index (χ2n) is 7.04. The number of benzene rings is 1. The number of hydrogen-bond donors (Lipinski definition) is 1. The molecule has 0 saturated carbocycles. The lowest BCUT2D eigenvalue weighted by molar-refractivity contribution is -0.160. The number of hydrogen-bond acceptors (Lipinski definition) is 6. The van der Waals surface area contributed by atoms with Crippen molar-refractivity contribution in [2.45, 2.75) is 50.6 Å². The molecule has 27 heavy (non-hydrogen) atoms. The molecule has 0 unspecified atom stereocenters. The van der Waals surface area contributed by atoms with Crippen LogP contribution in [0, 0.1) is 6.92 Å². The van der Waals surface area contributed by atoms with Crippen molar-refractivity contribution in [1.82, 2.24) is 4.90 Å². The Balaban J connectivity index is 1.64. The van der Waals surface area contributed by atoms with Gasteiger partial charge in [0.1, 0.15) is 11.8 Å². The van der Waals surface area contributed by atoms with Crippen molar-refractivity contribution in [1.29, 1.82) is 0 Å². The molecule has 0 spiro atoms. The number of nitrogens with zero attached hydrogens (tertiary/aromatic N) is 1. The zero-order chi connectivity index (χ0) is 19.8. The van der Waals surface area contributed by atoms with Gasteiger partial charge in [0, 0.05) is 12.2 Å². The van der Waals surface area contributed by atoms with Crippen LogP contribution in [0.25, 0.3) is 0 Å². The van der Waals surface area contributed by atoms with Crippen LogP contribution in [-0.4, -0.2) is 52.6 Å². The molecule has 146 valence electrons. The third-order valence-corrected chi connectivity index (χ3v) is 6.50. The molecule has 2 heterocycles. The Morgan fingerprint density at radius 2 is 2.15 bits per heavy atom. The van der Waals surface area contributed by atoms with Gasteiger partial charge in [-0.25, -0.2) is 4.79 Å². The Morgan fingerprint density at radius 1 is 1.41 bits per heavy atom. The van der Waals surface area contributed by atoms with Gasteiger partial charge < -0.3 is 19.7 Å². The van der Waals surface area contributed by atoms with E-state index in [1.807, 2.05) is 19.9 Å². The Bertz CT molecular complexity index is 783. The molecule has 2 aliphatic rings. The van der Waals surface area contributed by atoms with Crippen LogP contribution in [0.15, 0.2) is 18.2 Å². The summed E-state index contributed by atoms with van der Waals surface area (Å²) in [7, 11) is 1.52. The summed E-state index contributed by atoms with van der Waals surface area (Å²) in [5.41, 5.74) is 1.48. The summed E-state index contributed by atoms with van der Waals surface area (Å²) >= 11 is 1.59. The molecule has 1 aromatic carbocycles. The highest BCUT2D eigenvalue weighted by molar-refractivity contribution is 8.01. The second-order valence-corrected chi connectivity index (χ2v) is 8.54. The number of fused-ring (bicyclic) bond motifs is 1. The topological polar surface area (TPSA) is 84.9 Å². The first-order valence-electron chi connectivity index (χ1n) is 8.87. The molecule has 3 atom stereocenters. The molecule has 7 nitrogen and oxygen atoms in total. The molecule has 8 heteroatoms. The summed E-state index contributed by atoms with van der Waals surface area (Å²) in [6.07, 6.45) is 0.178. The number of anilines is 1. The molecule has 1 aromatic rings. The van der Waals surface area contributed by atoms with Gasteiger partial charge in [-0.15, -0.1) is 11.8 Å². The minimum atomic E-state index is -0.989. The summed E-state index contributed by atoms with van der Waals surface area (Å²) in [5.74, 6) is -0.0147. The lowest BCUT2D eigenvalue weighted by atomic mass is 10.2. The van der Waals surface area contributed by atoms with Crippen molar-refractivity contribution in [2.75, 3.05) is 18.2 Å². The molecule has 0 aliphatic carbocycles. The molecule has 0 aromatic heterocycles. The predicted molar refractivity (Wildman–Crippen MR) is 103 cm³/mol. The predicted octanol–water partition coefficient (Wildman–Crippen LogP) is 2.33. The van der Waals surface area contributed by atoms with E-state index in [9.17, 15) is 14.4 Å². The van der Waals surface area contributed by atoms with Crippen LogP contribution in [-0.2, 0) is 19.1 Å². The first-order chi connectivity index (χ1) is 12.7. The van der Waals surface area contributed by atoms with Crippen molar-refractivity contribution in [2.24, 2.45) is 0 Å². The number of ether oxygens (including phenoxy) is 2. The molecule has 2 amide bonds. The number of thioether (sulfide) groups is 1. The summed E-state index contributed by atoms with van der Waals surface area (Å²) in [5, 5.41) is 2.73. The number of amides is 2. The van der Waals surface area contributed by atoms with E-state index in [1.165, 1.54) is 14.0 Å². The van der Waals surface area contributed by atoms with Gasteiger partial charge in [-0.3, -0.25) is 9.59 Å². The van der Waals surface area contributed by atoms with Crippen molar-refractivity contribution in [3.63, 3.8) is 0 Å². The van der Waals surface area contributed by atoms with E-state index >= 15 is 0 Å². The smallest absolute Gasteiger partial charge is 0.330 e. The van der Waals surface area contributed by atoms with E-state index in [0.717, 1.165) is 12.0 Å². The van der Waals surface area contributed by atoms with Crippen LogP contribution in [0.3, 0.4) is 0 Å². The van der Waals surface area contributed by atoms with Crippen LogP contribution in [0.4, 0.5) is 5.69 Å². The first-order valence-corrected chi connectivity index (χ1v) is 9.86. The minimum absolute atomic E-state index is 0.0361. The molecule has 3 rings (SSSR count). The first kappa shape index (κ1) is 19.5. The van der Waals surface area contributed by atoms with E-state index in [0.29, 0.717) is 23.6 Å². The number of carbonyl (C=O) groups excluding carboxylic acids is 3. The highest BCUT2D eigenvalue weighted by Crippen LogP contribution is 2.47. The van der Waals surface area contributed by atoms with Crippen LogP contribution < -0.4 is 10.1 Å². The maximum Gasteiger partial charge on any atom is 0.330 e. The average molecular weight is 392 g/mol. The summed E-state index contributed by atoms with van der Waals surface area (Å²) in [6, 6.07) is 4.78.